The first-order chi connectivity index (χ1) is 6.36. The topological polar surface area (TPSA) is 12.9 Å². The van der Waals surface area contributed by atoms with Crippen molar-refractivity contribution in [3.63, 3.8) is 0 Å². The van der Waals surface area contributed by atoms with Crippen molar-refractivity contribution >= 4 is 0 Å². The van der Waals surface area contributed by atoms with Crippen molar-refractivity contribution in [1.82, 2.24) is 4.98 Å². The highest BCUT2D eigenvalue weighted by atomic mass is 14.7. The van der Waals surface area contributed by atoms with Crippen molar-refractivity contribution < 1.29 is 0 Å². The van der Waals surface area contributed by atoms with Crippen molar-refractivity contribution in [3.05, 3.63) is 30.1 Å². The van der Waals surface area contributed by atoms with E-state index >= 15 is 0 Å². The average Bonchev–Trinajstić information content (AvgIpc) is 2.99. The van der Waals surface area contributed by atoms with Crippen LogP contribution in [0, 0.1) is 5.92 Å². The summed E-state index contributed by atoms with van der Waals surface area (Å²) in [5.74, 6) is 1.69. The molecule has 2 rings (SSSR count). The highest BCUT2D eigenvalue weighted by molar-refractivity contribution is 5.08. The second-order valence-corrected chi connectivity index (χ2v) is 4.18. The Hall–Kier alpha value is -0.850. The molecule has 0 spiro atoms. The van der Waals surface area contributed by atoms with Gasteiger partial charge in [0.1, 0.15) is 0 Å². The Labute approximate surface area is 80.2 Å². The van der Waals surface area contributed by atoms with Crippen molar-refractivity contribution in [3.8, 4) is 0 Å². The number of hydrogen-bond donors (Lipinski definition) is 0. The molecule has 0 saturated heterocycles. The number of nitrogens with zero attached hydrogens (tertiary/aromatic N) is 1. The zero-order valence-electron chi connectivity index (χ0n) is 8.24. The van der Waals surface area contributed by atoms with E-state index in [0.29, 0.717) is 5.92 Å². The van der Waals surface area contributed by atoms with E-state index < -0.39 is 0 Å². The molecule has 1 heterocycles. The third-order valence-electron chi connectivity index (χ3n) is 2.90. The molecule has 0 aliphatic heterocycles. The quantitative estimate of drug-likeness (QED) is 0.683. The molecule has 1 aromatic heterocycles. The molecule has 1 aromatic rings. The summed E-state index contributed by atoms with van der Waals surface area (Å²) in [5.41, 5.74) is 1.25. The summed E-state index contributed by atoms with van der Waals surface area (Å²) >= 11 is 0. The van der Waals surface area contributed by atoms with Crippen LogP contribution in [0.15, 0.2) is 24.4 Å². The first-order valence-corrected chi connectivity index (χ1v) is 5.27. The largest absolute Gasteiger partial charge is 0.261 e. The van der Waals surface area contributed by atoms with E-state index in [9.17, 15) is 0 Å². The highest BCUT2D eigenvalue weighted by Crippen LogP contribution is 2.35. The molecule has 1 unspecified atom stereocenters. The Bertz CT molecular complexity index is 251. The molecule has 1 aliphatic rings. The number of rotatable bonds is 4. The Balaban J connectivity index is 1.85. The monoisotopic (exact) mass is 175 g/mol. The van der Waals surface area contributed by atoms with E-state index in [4.69, 9.17) is 0 Å². The molecule has 0 amide bonds. The van der Waals surface area contributed by atoms with Gasteiger partial charge >= 0.3 is 0 Å². The zero-order valence-corrected chi connectivity index (χ0v) is 8.24. The molecule has 1 heteroatoms. The van der Waals surface area contributed by atoms with E-state index in [1.165, 1.54) is 31.4 Å². The van der Waals surface area contributed by atoms with E-state index in [1.807, 2.05) is 12.3 Å². The minimum absolute atomic E-state index is 0.641. The van der Waals surface area contributed by atoms with E-state index in [2.05, 4.69) is 24.0 Å². The van der Waals surface area contributed by atoms with Gasteiger partial charge in [-0.2, -0.15) is 0 Å². The first kappa shape index (κ1) is 8.74. The molecule has 1 aliphatic carbocycles. The lowest BCUT2D eigenvalue weighted by molar-refractivity contribution is 0.582. The van der Waals surface area contributed by atoms with Crippen LogP contribution in [0.4, 0.5) is 0 Å². The van der Waals surface area contributed by atoms with Crippen molar-refractivity contribution in [2.45, 2.75) is 38.5 Å². The highest BCUT2D eigenvalue weighted by Gasteiger charge is 2.21. The molecule has 0 radical (unpaired) electrons. The standard InChI is InChI=1S/C12H17N/c1-10(5-6-11-7-8-11)12-4-2-3-9-13-12/h2-4,9-11H,5-8H2,1H3. The summed E-state index contributed by atoms with van der Waals surface area (Å²) in [6, 6.07) is 6.20. The summed E-state index contributed by atoms with van der Waals surface area (Å²) in [5, 5.41) is 0. The number of hydrogen-bond acceptors (Lipinski definition) is 1. The van der Waals surface area contributed by atoms with E-state index in [1.54, 1.807) is 0 Å². The molecule has 0 N–H and O–H groups in total. The predicted octanol–water partition coefficient (Wildman–Crippen LogP) is 3.38. The molecule has 1 fully saturated rings. The van der Waals surface area contributed by atoms with Gasteiger partial charge in [-0.05, 0) is 36.8 Å². The van der Waals surface area contributed by atoms with E-state index in [0.717, 1.165) is 5.92 Å². The lowest BCUT2D eigenvalue weighted by Crippen LogP contribution is -1.96. The Kier molecular flexibility index (Phi) is 2.62. The molecule has 13 heavy (non-hydrogen) atoms. The third-order valence-corrected chi connectivity index (χ3v) is 2.90. The predicted molar refractivity (Wildman–Crippen MR) is 54.6 cm³/mol. The van der Waals surface area contributed by atoms with Crippen LogP contribution >= 0.6 is 0 Å². The smallest absolute Gasteiger partial charge is 0.0431 e. The van der Waals surface area contributed by atoms with Crippen molar-refractivity contribution in [2.75, 3.05) is 0 Å². The van der Waals surface area contributed by atoms with Crippen LogP contribution in [0.2, 0.25) is 0 Å². The van der Waals surface area contributed by atoms with Gasteiger partial charge in [-0.15, -0.1) is 0 Å². The lowest BCUT2D eigenvalue weighted by atomic mass is 9.99. The maximum absolute atomic E-state index is 4.38. The summed E-state index contributed by atoms with van der Waals surface area (Å²) in [6.45, 7) is 2.28. The van der Waals surface area contributed by atoms with Gasteiger partial charge in [0, 0.05) is 11.9 Å². The van der Waals surface area contributed by atoms with Crippen LogP contribution in [-0.2, 0) is 0 Å². The zero-order chi connectivity index (χ0) is 9.10. The van der Waals surface area contributed by atoms with Gasteiger partial charge in [-0.1, -0.05) is 25.8 Å². The fourth-order valence-electron chi connectivity index (χ4n) is 1.71. The van der Waals surface area contributed by atoms with Crippen LogP contribution in [0.1, 0.15) is 44.2 Å². The maximum atomic E-state index is 4.38. The summed E-state index contributed by atoms with van der Waals surface area (Å²) < 4.78 is 0. The van der Waals surface area contributed by atoms with Crippen molar-refractivity contribution in [2.24, 2.45) is 5.92 Å². The van der Waals surface area contributed by atoms with Crippen LogP contribution < -0.4 is 0 Å². The molecule has 70 valence electrons. The second-order valence-electron chi connectivity index (χ2n) is 4.18. The fraction of sp³-hybridized carbons (Fsp3) is 0.583. The molecule has 0 bridgehead atoms. The van der Waals surface area contributed by atoms with Crippen LogP contribution in [-0.4, -0.2) is 4.98 Å². The van der Waals surface area contributed by atoms with Gasteiger partial charge in [-0.25, -0.2) is 0 Å². The van der Waals surface area contributed by atoms with Gasteiger partial charge in [0.2, 0.25) is 0 Å². The molecule has 1 saturated carbocycles. The van der Waals surface area contributed by atoms with Crippen molar-refractivity contribution in [1.29, 1.82) is 0 Å². The van der Waals surface area contributed by atoms with Gasteiger partial charge < -0.3 is 0 Å². The minimum Gasteiger partial charge on any atom is -0.261 e. The molecule has 0 aromatic carbocycles. The summed E-state index contributed by atoms with van der Waals surface area (Å²) in [6.07, 6.45) is 7.53. The Morgan fingerprint density at radius 3 is 2.92 bits per heavy atom. The number of aromatic nitrogens is 1. The first-order valence-electron chi connectivity index (χ1n) is 5.27. The fourth-order valence-corrected chi connectivity index (χ4v) is 1.71. The second kappa shape index (κ2) is 3.91. The average molecular weight is 175 g/mol. The van der Waals surface area contributed by atoms with Gasteiger partial charge in [-0.3, -0.25) is 4.98 Å². The normalized spacial score (nSPS) is 18.5. The van der Waals surface area contributed by atoms with Gasteiger partial charge in [0.15, 0.2) is 0 Å². The van der Waals surface area contributed by atoms with Crippen LogP contribution in [0.5, 0.6) is 0 Å². The Morgan fingerprint density at radius 1 is 1.46 bits per heavy atom. The third kappa shape index (κ3) is 2.55. The minimum atomic E-state index is 0.641. The Morgan fingerprint density at radius 2 is 2.31 bits per heavy atom. The summed E-state index contributed by atoms with van der Waals surface area (Å²) in [4.78, 5) is 4.38. The van der Waals surface area contributed by atoms with Gasteiger partial charge in [0.25, 0.3) is 0 Å². The number of pyridine rings is 1. The van der Waals surface area contributed by atoms with Gasteiger partial charge in [0.05, 0.1) is 0 Å². The maximum Gasteiger partial charge on any atom is 0.0431 e. The van der Waals surface area contributed by atoms with Crippen LogP contribution in [0.25, 0.3) is 0 Å². The SMILES string of the molecule is CC(CCC1CC1)c1ccccn1. The van der Waals surface area contributed by atoms with Crippen LogP contribution in [0.3, 0.4) is 0 Å². The molecule has 1 atom stereocenters. The molecule has 1 nitrogen and oxygen atoms in total. The molecular weight excluding hydrogens is 158 g/mol. The lowest BCUT2D eigenvalue weighted by Gasteiger charge is -2.09. The van der Waals surface area contributed by atoms with E-state index in [-0.39, 0.29) is 0 Å². The molecular formula is C12H17N. The summed E-state index contributed by atoms with van der Waals surface area (Å²) in [7, 11) is 0.